The lowest BCUT2D eigenvalue weighted by molar-refractivity contribution is 0.303. The van der Waals surface area contributed by atoms with Crippen molar-refractivity contribution in [2.75, 3.05) is 25.4 Å². The fourth-order valence-electron chi connectivity index (χ4n) is 3.08. The van der Waals surface area contributed by atoms with Gasteiger partial charge in [0, 0.05) is 37.0 Å². The van der Waals surface area contributed by atoms with E-state index in [0.29, 0.717) is 0 Å². The third-order valence-electron chi connectivity index (χ3n) is 4.47. The first-order valence-corrected chi connectivity index (χ1v) is 9.89. The molecule has 1 aliphatic rings. The highest BCUT2D eigenvalue weighted by Gasteiger charge is 2.08. The topological polar surface area (TPSA) is 21.1 Å². The van der Waals surface area contributed by atoms with Crippen molar-refractivity contribution in [2.24, 2.45) is 0 Å². The Kier molecular flexibility index (Phi) is 6.59. The summed E-state index contributed by atoms with van der Waals surface area (Å²) < 4.78 is 2.10. The van der Waals surface area contributed by atoms with E-state index in [-0.39, 0.29) is 0 Å². The van der Waals surface area contributed by atoms with Crippen LogP contribution in [0.3, 0.4) is 0 Å². The molecule has 23 heavy (non-hydrogen) atoms. The number of hydrogen-bond donors (Lipinski definition) is 0. The SMILES string of the molecule is c1cn(Cc2ccc(CSCCN3CCCCCC3)cc2)cn1. The first-order chi connectivity index (χ1) is 11.4. The number of aromatic nitrogens is 2. The molecule has 124 valence electrons. The number of rotatable bonds is 7. The van der Waals surface area contributed by atoms with Gasteiger partial charge in [-0.15, -0.1) is 0 Å². The summed E-state index contributed by atoms with van der Waals surface area (Å²) in [6.07, 6.45) is 11.3. The van der Waals surface area contributed by atoms with Crippen molar-refractivity contribution in [3.05, 3.63) is 54.1 Å². The van der Waals surface area contributed by atoms with Crippen LogP contribution < -0.4 is 0 Å². The second-order valence-corrected chi connectivity index (χ2v) is 7.47. The molecule has 1 fully saturated rings. The molecule has 0 spiro atoms. The lowest BCUT2D eigenvalue weighted by Crippen LogP contribution is -2.27. The van der Waals surface area contributed by atoms with Crippen LogP contribution in [0.1, 0.15) is 36.8 Å². The quantitative estimate of drug-likeness (QED) is 0.715. The molecule has 1 saturated heterocycles. The first-order valence-electron chi connectivity index (χ1n) is 8.74. The molecule has 1 aromatic heterocycles. The lowest BCUT2D eigenvalue weighted by atomic mass is 10.1. The molecule has 0 atom stereocenters. The van der Waals surface area contributed by atoms with Crippen molar-refractivity contribution < 1.29 is 0 Å². The van der Waals surface area contributed by atoms with E-state index in [1.165, 1.54) is 62.2 Å². The van der Waals surface area contributed by atoms with Gasteiger partial charge in [-0.3, -0.25) is 0 Å². The van der Waals surface area contributed by atoms with Crippen LogP contribution in [-0.4, -0.2) is 39.8 Å². The van der Waals surface area contributed by atoms with Crippen molar-refractivity contribution in [1.29, 1.82) is 0 Å². The number of imidazole rings is 1. The summed E-state index contributed by atoms with van der Waals surface area (Å²) in [6.45, 7) is 4.78. The minimum atomic E-state index is 0.905. The average Bonchev–Trinajstić information content (AvgIpc) is 2.94. The molecule has 4 heteroatoms. The predicted molar refractivity (Wildman–Crippen MR) is 98.8 cm³/mol. The Bertz CT molecular complexity index is 543. The third-order valence-corrected chi connectivity index (χ3v) is 5.48. The summed E-state index contributed by atoms with van der Waals surface area (Å²) in [5, 5.41) is 0. The minimum absolute atomic E-state index is 0.905. The van der Waals surface area contributed by atoms with E-state index in [0.717, 1.165) is 12.3 Å². The standard InChI is InChI=1S/C19H27N3S/c1-2-4-11-21(10-3-1)13-14-23-16-19-7-5-18(6-8-19)15-22-12-9-20-17-22/h5-9,12,17H,1-4,10-11,13-16H2. The maximum Gasteiger partial charge on any atom is 0.0949 e. The molecule has 0 saturated carbocycles. The van der Waals surface area contributed by atoms with E-state index in [2.05, 4.69) is 50.5 Å². The summed E-state index contributed by atoms with van der Waals surface area (Å²) >= 11 is 2.06. The normalized spacial score (nSPS) is 16.3. The highest BCUT2D eigenvalue weighted by Crippen LogP contribution is 2.15. The summed E-state index contributed by atoms with van der Waals surface area (Å²) in [7, 11) is 0. The molecular formula is C19H27N3S. The molecule has 0 N–H and O–H groups in total. The largest absolute Gasteiger partial charge is 0.333 e. The monoisotopic (exact) mass is 329 g/mol. The third kappa shape index (κ3) is 5.70. The van der Waals surface area contributed by atoms with Gasteiger partial charge in [0.2, 0.25) is 0 Å². The van der Waals surface area contributed by atoms with Gasteiger partial charge in [-0.05, 0) is 37.1 Å². The van der Waals surface area contributed by atoms with E-state index in [1.807, 2.05) is 18.7 Å². The van der Waals surface area contributed by atoms with Crippen molar-refractivity contribution in [3.63, 3.8) is 0 Å². The van der Waals surface area contributed by atoms with E-state index >= 15 is 0 Å². The molecule has 3 rings (SSSR count). The van der Waals surface area contributed by atoms with Gasteiger partial charge in [0.1, 0.15) is 0 Å². The average molecular weight is 330 g/mol. The molecular weight excluding hydrogens is 302 g/mol. The molecule has 0 aliphatic carbocycles. The van der Waals surface area contributed by atoms with Crippen molar-refractivity contribution >= 4 is 11.8 Å². The van der Waals surface area contributed by atoms with Crippen LogP contribution in [0.25, 0.3) is 0 Å². The van der Waals surface area contributed by atoms with Crippen molar-refractivity contribution in [3.8, 4) is 0 Å². The molecule has 2 heterocycles. The van der Waals surface area contributed by atoms with Gasteiger partial charge >= 0.3 is 0 Å². The fraction of sp³-hybridized carbons (Fsp3) is 0.526. The van der Waals surface area contributed by atoms with Gasteiger partial charge in [0.05, 0.1) is 6.33 Å². The second kappa shape index (κ2) is 9.14. The molecule has 0 radical (unpaired) electrons. The van der Waals surface area contributed by atoms with Gasteiger partial charge in [0.25, 0.3) is 0 Å². The van der Waals surface area contributed by atoms with Crippen LogP contribution in [0.2, 0.25) is 0 Å². The Balaban J connectivity index is 1.36. The maximum absolute atomic E-state index is 4.09. The summed E-state index contributed by atoms with van der Waals surface area (Å²) in [4.78, 5) is 6.73. The van der Waals surface area contributed by atoms with E-state index in [1.54, 1.807) is 0 Å². The van der Waals surface area contributed by atoms with E-state index in [9.17, 15) is 0 Å². The molecule has 0 bridgehead atoms. The molecule has 2 aromatic rings. The van der Waals surface area contributed by atoms with Gasteiger partial charge in [-0.1, -0.05) is 37.1 Å². The van der Waals surface area contributed by atoms with E-state index in [4.69, 9.17) is 0 Å². The van der Waals surface area contributed by atoms with Gasteiger partial charge in [-0.25, -0.2) is 4.98 Å². The smallest absolute Gasteiger partial charge is 0.0949 e. The number of thioether (sulfide) groups is 1. The molecule has 1 aromatic carbocycles. The zero-order valence-electron chi connectivity index (χ0n) is 13.9. The van der Waals surface area contributed by atoms with Crippen LogP contribution >= 0.6 is 11.8 Å². The minimum Gasteiger partial charge on any atom is -0.333 e. The number of benzene rings is 1. The van der Waals surface area contributed by atoms with Gasteiger partial charge < -0.3 is 9.47 Å². The van der Waals surface area contributed by atoms with Crippen LogP contribution in [0, 0.1) is 0 Å². The zero-order chi connectivity index (χ0) is 15.7. The number of nitrogens with zero attached hydrogens (tertiary/aromatic N) is 3. The molecule has 0 unspecified atom stereocenters. The molecule has 1 aliphatic heterocycles. The molecule has 0 amide bonds. The predicted octanol–water partition coefficient (Wildman–Crippen LogP) is 4.04. The summed E-state index contributed by atoms with van der Waals surface area (Å²) in [5.74, 6) is 2.37. The Morgan fingerprint density at radius 2 is 1.70 bits per heavy atom. The van der Waals surface area contributed by atoms with E-state index < -0.39 is 0 Å². The summed E-state index contributed by atoms with van der Waals surface area (Å²) in [6, 6.07) is 9.02. The Hall–Kier alpha value is -1.26. The van der Waals surface area contributed by atoms with Crippen molar-refractivity contribution in [2.45, 2.75) is 38.0 Å². The van der Waals surface area contributed by atoms with Crippen LogP contribution in [0.4, 0.5) is 0 Å². The zero-order valence-corrected chi connectivity index (χ0v) is 14.7. The Labute approximate surface area is 144 Å². The first kappa shape index (κ1) is 16.6. The highest BCUT2D eigenvalue weighted by molar-refractivity contribution is 7.98. The number of hydrogen-bond acceptors (Lipinski definition) is 3. The Morgan fingerprint density at radius 1 is 0.957 bits per heavy atom. The van der Waals surface area contributed by atoms with Gasteiger partial charge in [0.15, 0.2) is 0 Å². The molecule has 3 nitrogen and oxygen atoms in total. The second-order valence-electron chi connectivity index (χ2n) is 6.36. The van der Waals surface area contributed by atoms with Crippen LogP contribution in [0.5, 0.6) is 0 Å². The maximum atomic E-state index is 4.09. The number of likely N-dealkylation sites (tertiary alicyclic amines) is 1. The Morgan fingerprint density at radius 3 is 2.39 bits per heavy atom. The highest BCUT2D eigenvalue weighted by atomic mass is 32.2. The fourth-order valence-corrected chi connectivity index (χ4v) is 4.04. The lowest BCUT2D eigenvalue weighted by Gasteiger charge is -2.19. The van der Waals surface area contributed by atoms with Crippen molar-refractivity contribution in [1.82, 2.24) is 14.5 Å². The van der Waals surface area contributed by atoms with Gasteiger partial charge in [-0.2, -0.15) is 11.8 Å². The van der Waals surface area contributed by atoms with Crippen LogP contribution in [0.15, 0.2) is 43.0 Å². The summed E-state index contributed by atoms with van der Waals surface area (Å²) in [5.41, 5.74) is 2.77. The van der Waals surface area contributed by atoms with Crippen LogP contribution in [-0.2, 0) is 12.3 Å².